The third-order valence-electron chi connectivity index (χ3n) is 2.55. The van der Waals surface area contributed by atoms with Gasteiger partial charge in [0.15, 0.2) is 11.6 Å². The Labute approximate surface area is 93.4 Å². The van der Waals surface area contributed by atoms with E-state index >= 15 is 0 Å². The highest BCUT2D eigenvalue weighted by Crippen LogP contribution is 2.24. The van der Waals surface area contributed by atoms with Crippen LogP contribution in [0.3, 0.4) is 0 Å². The molecule has 82 valence electrons. The van der Waals surface area contributed by atoms with Gasteiger partial charge in [0.05, 0.1) is 11.6 Å². The summed E-state index contributed by atoms with van der Waals surface area (Å²) in [6.07, 6.45) is 1.09. The molecule has 1 atom stereocenters. The fraction of sp³-hybridized carbons (Fsp3) is 0.455. The minimum atomic E-state index is -0.467. The van der Waals surface area contributed by atoms with Crippen LogP contribution >= 0.6 is 11.6 Å². The van der Waals surface area contributed by atoms with Crippen molar-refractivity contribution in [1.29, 1.82) is 0 Å². The summed E-state index contributed by atoms with van der Waals surface area (Å²) in [5.74, 6) is 0.253. The Morgan fingerprint density at radius 2 is 2.40 bits per heavy atom. The summed E-state index contributed by atoms with van der Waals surface area (Å²) >= 11 is 5.64. The average molecular weight is 230 g/mol. The fourth-order valence-corrected chi connectivity index (χ4v) is 1.83. The second kappa shape index (κ2) is 4.81. The van der Waals surface area contributed by atoms with Crippen molar-refractivity contribution < 1.29 is 9.13 Å². The number of nitrogens with one attached hydrogen (secondary N) is 1. The second-order valence-electron chi connectivity index (χ2n) is 3.72. The molecule has 1 N–H and O–H groups in total. The molecule has 1 aromatic carbocycles. The zero-order valence-corrected chi connectivity index (χ0v) is 9.06. The molecule has 1 aromatic rings. The summed E-state index contributed by atoms with van der Waals surface area (Å²) in [5.41, 5.74) is 0. The van der Waals surface area contributed by atoms with Gasteiger partial charge in [-0.25, -0.2) is 4.39 Å². The molecule has 0 saturated carbocycles. The van der Waals surface area contributed by atoms with Crippen molar-refractivity contribution in [1.82, 2.24) is 5.32 Å². The van der Waals surface area contributed by atoms with Crippen molar-refractivity contribution in [2.75, 3.05) is 19.7 Å². The molecule has 0 spiro atoms. The topological polar surface area (TPSA) is 21.3 Å². The molecule has 0 bridgehead atoms. The van der Waals surface area contributed by atoms with E-state index in [1.165, 1.54) is 6.07 Å². The molecule has 2 rings (SSSR count). The first kappa shape index (κ1) is 10.7. The average Bonchev–Trinajstić information content (AvgIpc) is 2.73. The summed E-state index contributed by atoms with van der Waals surface area (Å²) < 4.78 is 18.8. The summed E-state index contributed by atoms with van der Waals surface area (Å²) in [7, 11) is 0. The zero-order valence-electron chi connectivity index (χ0n) is 8.30. The van der Waals surface area contributed by atoms with E-state index in [1.807, 2.05) is 0 Å². The minimum Gasteiger partial charge on any atom is -0.490 e. The smallest absolute Gasteiger partial charge is 0.183 e. The first-order valence-electron chi connectivity index (χ1n) is 5.05. The van der Waals surface area contributed by atoms with E-state index in [9.17, 15) is 4.39 Å². The van der Waals surface area contributed by atoms with Crippen molar-refractivity contribution in [2.45, 2.75) is 6.42 Å². The Bertz CT molecular complexity index is 339. The largest absolute Gasteiger partial charge is 0.490 e. The van der Waals surface area contributed by atoms with Gasteiger partial charge in [-0.05, 0) is 25.1 Å². The normalized spacial score (nSPS) is 20.5. The molecule has 1 unspecified atom stereocenters. The van der Waals surface area contributed by atoms with E-state index in [0.29, 0.717) is 12.5 Å². The Balaban J connectivity index is 1.95. The highest BCUT2D eigenvalue weighted by atomic mass is 35.5. The number of benzene rings is 1. The van der Waals surface area contributed by atoms with Crippen LogP contribution in [0.5, 0.6) is 5.75 Å². The second-order valence-corrected chi connectivity index (χ2v) is 4.13. The molecule has 0 amide bonds. The van der Waals surface area contributed by atoms with E-state index < -0.39 is 5.82 Å². The molecule has 1 aliphatic rings. The van der Waals surface area contributed by atoms with Gasteiger partial charge in [0.2, 0.25) is 0 Å². The van der Waals surface area contributed by atoms with Crippen LogP contribution in [0.25, 0.3) is 0 Å². The van der Waals surface area contributed by atoms with Crippen LogP contribution in [0.1, 0.15) is 6.42 Å². The standard InChI is InChI=1S/C11H13ClFNO/c12-9-2-1-3-10(11(9)13)15-7-8-4-5-14-6-8/h1-3,8,14H,4-7H2. The van der Waals surface area contributed by atoms with E-state index in [-0.39, 0.29) is 10.8 Å². The van der Waals surface area contributed by atoms with Crippen molar-refractivity contribution in [3.05, 3.63) is 29.0 Å². The van der Waals surface area contributed by atoms with Gasteiger partial charge in [-0.1, -0.05) is 17.7 Å². The molecule has 15 heavy (non-hydrogen) atoms. The van der Waals surface area contributed by atoms with E-state index in [1.54, 1.807) is 12.1 Å². The van der Waals surface area contributed by atoms with Crippen LogP contribution in [0.4, 0.5) is 4.39 Å². The molecule has 0 aliphatic carbocycles. The molecule has 1 saturated heterocycles. The van der Waals surface area contributed by atoms with Crippen LogP contribution in [-0.2, 0) is 0 Å². The number of hydrogen-bond donors (Lipinski definition) is 1. The highest BCUT2D eigenvalue weighted by molar-refractivity contribution is 6.30. The van der Waals surface area contributed by atoms with Gasteiger partial charge >= 0.3 is 0 Å². The number of ether oxygens (including phenoxy) is 1. The Kier molecular flexibility index (Phi) is 3.44. The molecule has 2 nitrogen and oxygen atoms in total. The molecular weight excluding hydrogens is 217 g/mol. The van der Waals surface area contributed by atoms with Crippen molar-refractivity contribution in [3.63, 3.8) is 0 Å². The Morgan fingerprint density at radius 1 is 1.53 bits per heavy atom. The lowest BCUT2D eigenvalue weighted by atomic mass is 10.1. The van der Waals surface area contributed by atoms with Gasteiger partial charge in [-0.3, -0.25) is 0 Å². The molecular formula is C11H13ClFNO. The van der Waals surface area contributed by atoms with Gasteiger partial charge in [0, 0.05) is 12.5 Å². The predicted octanol–water partition coefficient (Wildman–Crippen LogP) is 2.47. The maximum absolute atomic E-state index is 13.4. The summed E-state index contributed by atoms with van der Waals surface area (Å²) in [6.45, 7) is 2.51. The van der Waals surface area contributed by atoms with E-state index in [4.69, 9.17) is 16.3 Å². The van der Waals surface area contributed by atoms with E-state index in [0.717, 1.165) is 19.5 Å². The van der Waals surface area contributed by atoms with Crippen molar-refractivity contribution >= 4 is 11.6 Å². The maximum atomic E-state index is 13.4. The lowest BCUT2D eigenvalue weighted by Crippen LogP contribution is -2.15. The maximum Gasteiger partial charge on any atom is 0.183 e. The summed E-state index contributed by atoms with van der Waals surface area (Å²) in [4.78, 5) is 0. The quantitative estimate of drug-likeness (QED) is 0.860. The molecule has 1 fully saturated rings. The number of hydrogen-bond acceptors (Lipinski definition) is 2. The molecule has 0 radical (unpaired) electrons. The fourth-order valence-electron chi connectivity index (χ4n) is 1.66. The monoisotopic (exact) mass is 229 g/mol. The highest BCUT2D eigenvalue weighted by Gasteiger charge is 2.16. The number of rotatable bonds is 3. The van der Waals surface area contributed by atoms with Crippen LogP contribution in [0.2, 0.25) is 5.02 Å². The van der Waals surface area contributed by atoms with Gasteiger partial charge in [0.1, 0.15) is 0 Å². The van der Waals surface area contributed by atoms with Crippen LogP contribution in [0.15, 0.2) is 18.2 Å². The predicted molar refractivity (Wildman–Crippen MR) is 57.9 cm³/mol. The first-order chi connectivity index (χ1) is 7.27. The summed E-state index contributed by atoms with van der Waals surface area (Å²) in [5, 5.41) is 3.34. The summed E-state index contributed by atoms with van der Waals surface area (Å²) in [6, 6.07) is 4.80. The lowest BCUT2D eigenvalue weighted by molar-refractivity contribution is 0.249. The Hall–Kier alpha value is -0.800. The van der Waals surface area contributed by atoms with Crippen molar-refractivity contribution in [3.8, 4) is 5.75 Å². The van der Waals surface area contributed by atoms with Gasteiger partial charge < -0.3 is 10.1 Å². The molecule has 4 heteroatoms. The number of halogens is 2. The third kappa shape index (κ3) is 2.61. The third-order valence-corrected chi connectivity index (χ3v) is 2.84. The Morgan fingerprint density at radius 3 is 3.13 bits per heavy atom. The van der Waals surface area contributed by atoms with Gasteiger partial charge in [-0.15, -0.1) is 0 Å². The lowest BCUT2D eigenvalue weighted by Gasteiger charge is -2.11. The zero-order chi connectivity index (χ0) is 10.7. The molecule has 0 aromatic heterocycles. The SMILES string of the molecule is Fc1c(Cl)cccc1OCC1CCNC1. The van der Waals surface area contributed by atoms with E-state index in [2.05, 4.69) is 5.32 Å². The van der Waals surface area contributed by atoms with Crippen LogP contribution in [-0.4, -0.2) is 19.7 Å². The van der Waals surface area contributed by atoms with Crippen LogP contribution in [0, 0.1) is 11.7 Å². The first-order valence-corrected chi connectivity index (χ1v) is 5.42. The van der Waals surface area contributed by atoms with Gasteiger partial charge in [0.25, 0.3) is 0 Å². The molecule has 1 aliphatic heterocycles. The van der Waals surface area contributed by atoms with Crippen molar-refractivity contribution in [2.24, 2.45) is 5.92 Å². The minimum absolute atomic E-state index is 0.108. The van der Waals surface area contributed by atoms with Crippen LogP contribution < -0.4 is 10.1 Å². The molecule has 1 heterocycles. The van der Waals surface area contributed by atoms with Gasteiger partial charge in [-0.2, -0.15) is 0 Å².